The first-order valence-electron chi connectivity index (χ1n) is 9.07. The molecule has 1 amide bonds. The van der Waals surface area contributed by atoms with Crippen molar-refractivity contribution in [3.8, 4) is 17.2 Å². The Labute approximate surface area is 177 Å². The highest BCUT2D eigenvalue weighted by atomic mass is 32.2. The molecule has 1 unspecified atom stereocenters. The van der Waals surface area contributed by atoms with Crippen LogP contribution in [0.15, 0.2) is 55.1 Å². The molecule has 0 heterocycles. The van der Waals surface area contributed by atoms with E-state index in [0.29, 0.717) is 29.5 Å². The van der Waals surface area contributed by atoms with Gasteiger partial charge in [0.05, 0.1) is 26.2 Å². The first kappa shape index (κ1) is 23.1. The highest BCUT2D eigenvalue weighted by molar-refractivity contribution is 7.92. The molecule has 0 aliphatic carbocycles. The number of anilines is 2. The minimum Gasteiger partial charge on any atom is -0.497 e. The summed E-state index contributed by atoms with van der Waals surface area (Å²) in [6.07, 6.45) is 2.64. The Kier molecular flexibility index (Phi) is 7.71. The molecule has 2 aromatic rings. The van der Waals surface area contributed by atoms with Crippen LogP contribution >= 0.6 is 0 Å². The number of hydrogen-bond acceptors (Lipinski definition) is 6. The van der Waals surface area contributed by atoms with Gasteiger partial charge < -0.3 is 19.5 Å². The maximum absolute atomic E-state index is 12.9. The zero-order valence-corrected chi connectivity index (χ0v) is 18.2. The molecule has 0 fully saturated rings. The summed E-state index contributed by atoms with van der Waals surface area (Å²) in [5.74, 6) is 0.751. The third-order valence-corrected chi connectivity index (χ3v) is 5.41. The highest BCUT2D eigenvalue weighted by Crippen LogP contribution is 2.35. The zero-order valence-electron chi connectivity index (χ0n) is 17.4. The molecular weight excluding hydrogens is 408 g/mol. The van der Waals surface area contributed by atoms with Gasteiger partial charge >= 0.3 is 0 Å². The van der Waals surface area contributed by atoms with Crippen molar-refractivity contribution in [2.75, 3.05) is 36.7 Å². The second-order valence-electron chi connectivity index (χ2n) is 6.39. The molecular formula is C21H26N2O6S. The van der Waals surface area contributed by atoms with Crippen LogP contribution in [-0.2, 0) is 14.8 Å². The van der Waals surface area contributed by atoms with E-state index in [-0.39, 0.29) is 5.69 Å². The molecule has 1 atom stereocenters. The fourth-order valence-corrected chi connectivity index (χ4v) is 3.99. The number of sulfonamides is 1. The maximum atomic E-state index is 12.9. The van der Waals surface area contributed by atoms with E-state index in [1.807, 2.05) is 0 Å². The molecule has 162 valence electrons. The van der Waals surface area contributed by atoms with E-state index in [1.54, 1.807) is 42.5 Å². The van der Waals surface area contributed by atoms with Gasteiger partial charge in [0.25, 0.3) is 0 Å². The summed E-state index contributed by atoms with van der Waals surface area (Å²) in [5.41, 5.74) is 0.671. The van der Waals surface area contributed by atoms with E-state index in [4.69, 9.17) is 14.2 Å². The van der Waals surface area contributed by atoms with Crippen molar-refractivity contribution in [2.45, 2.75) is 13.0 Å². The summed E-state index contributed by atoms with van der Waals surface area (Å²) in [5, 5.41) is 2.72. The lowest BCUT2D eigenvalue weighted by Gasteiger charge is -2.29. The average molecular weight is 435 g/mol. The minimum atomic E-state index is -3.83. The first-order valence-corrected chi connectivity index (χ1v) is 10.9. The number of amides is 1. The smallest absolute Gasteiger partial charge is 0.247 e. The molecule has 2 rings (SSSR count). The van der Waals surface area contributed by atoms with Crippen LogP contribution in [-0.4, -0.2) is 47.4 Å². The van der Waals surface area contributed by atoms with Crippen LogP contribution in [0.2, 0.25) is 0 Å². The number of hydrogen-bond donors (Lipinski definition) is 1. The van der Waals surface area contributed by atoms with Gasteiger partial charge in [-0.25, -0.2) is 8.42 Å². The number of ether oxygens (including phenoxy) is 3. The van der Waals surface area contributed by atoms with Crippen LogP contribution in [0.3, 0.4) is 0 Å². The Balaban J connectivity index is 2.36. The molecule has 9 heteroatoms. The van der Waals surface area contributed by atoms with E-state index in [2.05, 4.69) is 11.9 Å². The molecule has 0 aliphatic heterocycles. The van der Waals surface area contributed by atoms with E-state index in [9.17, 15) is 13.2 Å². The monoisotopic (exact) mass is 434 g/mol. The Hall–Kier alpha value is -3.20. The molecule has 0 spiro atoms. The predicted molar refractivity (Wildman–Crippen MR) is 117 cm³/mol. The largest absolute Gasteiger partial charge is 0.497 e. The number of carbonyl (C=O) groups excluding carboxylic acids is 1. The van der Waals surface area contributed by atoms with Gasteiger partial charge in [-0.3, -0.25) is 9.10 Å². The Morgan fingerprint density at radius 3 is 2.50 bits per heavy atom. The van der Waals surface area contributed by atoms with Crippen molar-refractivity contribution in [3.05, 3.63) is 55.1 Å². The third kappa shape index (κ3) is 5.66. The maximum Gasteiger partial charge on any atom is 0.247 e. The van der Waals surface area contributed by atoms with Crippen LogP contribution in [0.1, 0.15) is 6.92 Å². The SMILES string of the molecule is C=CCOc1cccc(NC(=O)C(C)N(c2cc(OC)ccc2OC)S(C)(=O)=O)c1. The second-order valence-corrected chi connectivity index (χ2v) is 8.25. The van der Waals surface area contributed by atoms with Gasteiger partial charge in [-0.05, 0) is 31.2 Å². The second kappa shape index (κ2) is 10.0. The minimum absolute atomic E-state index is 0.199. The zero-order chi connectivity index (χ0) is 22.3. The molecule has 1 N–H and O–H groups in total. The van der Waals surface area contributed by atoms with Gasteiger partial charge in [-0.1, -0.05) is 18.7 Å². The summed E-state index contributed by atoms with van der Waals surface area (Å²) in [7, 11) is -0.943. The van der Waals surface area contributed by atoms with Gasteiger partial charge in [0.15, 0.2) is 0 Å². The lowest BCUT2D eigenvalue weighted by Crippen LogP contribution is -2.45. The van der Waals surface area contributed by atoms with Gasteiger partial charge in [-0.2, -0.15) is 0 Å². The van der Waals surface area contributed by atoms with Crippen molar-refractivity contribution in [1.29, 1.82) is 0 Å². The predicted octanol–water partition coefficient (Wildman–Crippen LogP) is 3.06. The molecule has 0 saturated carbocycles. The lowest BCUT2D eigenvalue weighted by molar-refractivity contribution is -0.116. The molecule has 0 bridgehead atoms. The van der Waals surface area contributed by atoms with Crippen LogP contribution in [0.5, 0.6) is 17.2 Å². The van der Waals surface area contributed by atoms with Crippen LogP contribution in [0.4, 0.5) is 11.4 Å². The number of benzene rings is 2. The third-order valence-electron chi connectivity index (χ3n) is 4.18. The molecule has 0 saturated heterocycles. The molecule has 0 aromatic heterocycles. The number of carbonyl (C=O) groups is 1. The lowest BCUT2D eigenvalue weighted by atomic mass is 10.2. The molecule has 8 nitrogen and oxygen atoms in total. The summed E-state index contributed by atoms with van der Waals surface area (Å²) in [6.45, 7) is 5.41. The molecule has 30 heavy (non-hydrogen) atoms. The van der Waals surface area contributed by atoms with Crippen molar-refractivity contribution in [3.63, 3.8) is 0 Å². The van der Waals surface area contributed by atoms with E-state index in [0.717, 1.165) is 10.6 Å². The summed E-state index contributed by atoms with van der Waals surface area (Å²) in [4.78, 5) is 12.9. The molecule has 0 aliphatic rings. The van der Waals surface area contributed by atoms with E-state index < -0.39 is 22.0 Å². The van der Waals surface area contributed by atoms with Gasteiger partial charge in [0, 0.05) is 17.8 Å². The van der Waals surface area contributed by atoms with Gasteiger partial charge in [0.1, 0.15) is 29.9 Å². The van der Waals surface area contributed by atoms with Crippen LogP contribution in [0.25, 0.3) is 0 Å². The Bertz CT molecular complexity index is 1010. The van der Waals surface area contributed by atoms with Crippen molar-refractivity contribution >= 4 is 27.3 Å². The summed E-state index contributed by atoms with van der Waals surface area (Å²) in [6, 6.07) is 10.4. The summed E-state index contributed by atoms with van der Waals surface area (Å²) >= 11 is 0. The number of rotatable bonds is 10. The van der Waals surface area contributed by atoms with Crippen LogP contribution < -0.4 is 23.8 Å². The molecule has 2 aromatic carbocycles. The van der Waals surface area contributed by atoms with Crippen molar-refractivity contribution in [2.24, 2.45) is 0 Å². The number of nitrogens with one attached hydrogen (secondary N) is 1. The standard InChI is InChI=1S/C21H26N2O6S/c1-6-12-29-18-9-7-8-16(13-18)22-21(24)15(2)23(30(5,25)26)19-14-17(27-3)10-11-20(19)28-4/h6-11,13-15H,1,12H2,2-5H3,(H,22,24). The number of nitrogens with zero attached hydrogens (tertiary/aromatic N) is 1. The first-order chi connectivity index (χ1) is 14.2. The normalized spacial score (nSPS) is 11.9. The van der Waals surface area contributed by atoms with Crippen molar-refractivity contribution in [1.82, 2.24) is 0 Å². The topological polar surface area (TPSA) is 94.2 Å². The van der Waals surface area contributed by atoms with Gasteiger partial charge in [0.2, 0.25) is 15.9 Å². The van der Waals surface area contributed by atoms with E-state index >= 15 is 0 Å². The van der Waals surface area contributed by atoms with Crippen molar-refractivity contribution < 1.29 is 27.4 Å². The Morgan fingerprint density at radius 2 is 1.90 bits per heavy atom. The van der Waals surface area contributed by atoms with Gasteiger partial charge in [-0.15, -0.1) is 0 Å². The molecule has 0 radical (unpaired) electrons. The highest BCUT2D eigenvalue weighted by Gasteiger charge is 2.31. The fraction of sp³-hybridized carbons (Fsp3) is 0.286. The Morgan fingerprint density at radius 1 is 1.17 bits per heavy atom. The number of methoxy groups -OCH3 is 2. The average Bonchev–Trinajstić information content (AvgIpc) is 2.71. The summed E-state index contributed by atoms with van der Waals surface area (Å²) < 4.78 is 42.1. The van der Waals surface area contributed by atoms with Crippen LogP contribution in [0, 0.1) is 0 Å². The van der Waals surface area contributed by atoms with E-state index in [1.165, 1.54) is 27.2 Å². The fourth-order valence-electron chi connectivity index (χ4n) is 2.82. The quantitative estimate of drug-likeness (QED) is 0.578.